The second kappa shape index (κ2) is 11.8. The molecule has 0 bridgehead atoms. The highest BCUT2D eigenvalue weighted by Gasteiger charge is 2.32. The van der Waals surface area contributed by atoms with Crippen molar-refractivity contribution < 1.29 is 19.1 Å². The van der Waals surface area contributed by atoms with Gasteiger partial charge in [0.2, 0.25) is 0 Å². The number of nitrogens with one attached hydrogen (secondary N) is 1. The van der Waals surface area contributed by atoms with Gasteiger partial charge in [0.05, 0.1) is 6.61 Å². The van der Waals surface area contributed by atoms with Crippen LogP contribution in [0.3, 0.4) is 0 Å². The molecule has 1 rings (SSSR count). The highest BCUT2D eigenvalue weighted by molar-refractivity contribution is 5.81. The number of carbonyl (C=O) groups excluding carboxylic acids is 2. The molecule has 0 radical (unpaired) electrons. The van der Waals surface area contributed by atoms with Crippen LogP contribution in [0.25, 0.3) is 0 Å². The molecule has 1 N–H and O–H groups in total. The van der Waals surface area contributed by atoms with Crippen LogP contribution in [0.15, 0.2) is 0 Å². The van der Waals surface area contributed by atoms with E-state index in [9.17, 15) is 9.59 Å². The molecule has 0 heterocycles. The highest BCUT2D eigenvalue weighted by Crippen LogP contribution is 2.27. The average Bonchev–Trinajstić information content (AvgIpc) is 2.57. The predicted octanol–water partition coefficient (Wildman–Crippen LogP) is 3.66. The summed E-state index contributed by atoms with van der Waals surface area (Å²) in [5.74, 6) is 5.69. The fourth-order valence-electron chi connectivity index (χ4n) is 2.93. The number of hydrogen-bond donors (Lipinski definition) is 1. The summed E-state index contributed by atoms with van der Waals surface area (Å²) >= 11 is 0. The van der Waals surface area contributed by atoms with Gasteiger partial charge in [0.15, 0.2) is 6.61 Å². The Balaban J connectivity index is 2.53. The molecule has 136 valence electrons. The van der Waals surface area contributed by atoms with Crippen molar-refractivity contribution in [1.29, 1.82) is 0 Å². The van der Waals surface area contributed by atoms with E-state index in [2.05, 4.69) is 31.0 Å². The number of amides is 1. The normalized spacial score (nSPS) is 16.0. The van der Waals surface area contributed by atoms with Crippen LogP contribution in [0.5, 0.6) is 0 Å². The minimum atomic E-state index is -0.619. The lowest BCUT2D eigenvalue weighted by atomic mass is 9.84. The minimum Gasteiger partial charge on any atom is -0.464 e. The van der Waals surface area contributed by atoms with E-state index in [0.29, 0.717) is 12.5 Å². The Bertz CT molecular complexity index is 444. The zero-order chi connectivity index (χ0) is 17.8. The quantitative estimate of drug-likeness (QED) is 0.417. The SMILES string of the molecule is CC#CCOC(=O)NC(C(=O)OCCCC(C)C)C1CCCCC1. The third kappa shape index (κ3) is 8.24. The third-order valence-electron chi connectivity index (χ3n) is 4.27. The molecule has 1 atom stereocenters. The van der Waals surface area contributed by atoms with E-state index >= 15 is 0 Å². The lowest BCUT2D eigenvalue weighted by molar-refractivity contribution is -0.148. The molecule has 1 unspecified atom stereocenters. The molecular formula is C19H31NO4. The lowest BCUT2D eigenvalue weighted by Gasteiger charge is -2.29. The molecule has 1 aliphatic rings. The zero-order valence-electron chi connectivity index (χ0n) is 15.2. The largest absolute Gasteiger partial charge is 0.464 e. The number of alkyl carbamates (subject to hydrolysis) is 1. The zero-order valence-corrected chi connectivity index (χ0v) is 15.2. The van der Waals surface area contributed by atoms with E-state index in [1.807, 2.05) is 0 Å². The van der Waals surface area contributed by atoms with E-state index in [0.717, 1.165) is 38.5 Å². The van der Waals surface area contributed by atoms with Gasteiger partial charge in [0.25, 0.3) is 0 Å². The molecule has 24 heavy (non-hydrogen) atoms. The van der Waals surface area contributed by atoms with Crippen LogP contribution in [-0.4, -0.2) is 31.3 Å². The van der Waals surface area contributed by atoms with Crippen molar-refractivity contribution in [2.45, 2.75) is 71.8 Å². The van der Waals surface area contributed by atoms with Gasteiger partial charge in [-0.1, -0.05) is 39.0 Å². The summed E-state index contributed by atoms with van der Waals surface area (Å²) in [7, 11) is 0. The van der Waals surface area contributed by atoms with Gasteiger partial charge in [0, 0.05) is 0 Å². The van der Waals surface area contributed by atoms with Crippen LogP contribution < -0.4 is 5.32 Å². The van der Waals surface area contributed by atoms with E-state index in [1.165, 1.54) is 6.42 Å². The minimum absolute atomic E-state index is 0.0309. The first-order valence-corrected chi connectivity index (χ1v) is 9.04. The molecule has 0 aromatic rings. The number of esters is 1. The van der Waals surface area contributed by atoms with Gasteiger partial charge < -0.3 is 14.8 Å². The smallest absolute Gasteiger partial charge is 0.408 e. The average molecular weight is 337 g/mol. The van der Waals surface area contributed by atoms with Crippen molar-refractivity contribution in [1.82, 2.24) is 5.32 Å². The number of carbonyl (C=O) groups is 2. The number of rotatable bonds is 8. The first-order chi connectivity index (χ1) is 11.5. The van der Waals surface area contributed by atoms with Crippen LogP contribution in [0.4, 0.5) is 4.79 Å². The van der Waals surface area contributed by atoms with Crippen LogP contribution >= 0.6 is 0 Å². The van der Waals surface area contributed by atoms with Crippen LogP contribution in [0, 0.1) is 23.7 Å². The topological polar surface area (TPSA) is 64.6 Å². The summed E-state index contributed by atoms with van der Waals surface area (Å²) in [5, 5.41) is 2.69. The Morgan fingerprint density at radius 3 is 2.50 bits per heavy atom. The second-order valence-electron chi connectivity index (χ2n) is 6.73. The molecule has 0 spiro atoms. The summed E-state index contributed by atoms with van der Waals surface area (Å²) in [6.07, 6.45) is 6.47. The Labute approximate surface area is 145 Å². The summed E-state index contributed by atoms with van der Waals surface area (Å²) < 4.78 is 10.4. The number of hydrogen-bond acceptors (Lipinski definition) is 4. The first kappa shape index (κ1) is 20.3. The van der Waals surface area contributed by atoms with E-state index in [1.54, 1.807) is 6.92 Å². The van der Waals surface area contributed by atoms with Gasteiger partial charge in [0.1, 0.15) is 6.04 Å². The molecular weight excluding hydrogens is 306 g/mol. The van der Waals surface area contributed by atoms with Gasteiger partial charge in [-0.3, -0.25) is 0 Å². The third-order valence-corrected chi connectivity index (χ3v) is 4.27. The predicted molar refractivity (Wildman–Crippen MR) is 93.3 cm³/mol. The fraction of sp³-hybridized carbons (Fsp3) is 0.789. The Hall–Kier alpha value is -1.70. The van der Waals surface area contributed by atoms with Gasteiger partial charge in [-0.15, -0.1) is 5.92 Å². The standard InChI is InChI=1S/C19H31NO4/c1-4-5-13-24-19(22)20-17(16-11-7-6-8-12-16)18(21)23-14-9-10-15(2)3/h15-17H,6-14H2,1-3H3,(H,20,22). The molecule has 5 nitrogen and oxygen atoms in total. The van der Waals surface area contributed by atoms with Gasteiger partial charge in [-0.05, 0) is 44.4 Å². The van der Waals surface area contributed by atoms with Crippen molar-refractivity contribution in [2.24, 2.45) is 11.8 Å². The molecule has 0 aliphatic heterocycles. The maximum Gasteiger partial charge on any atom is 0.408 e. The molecule has 1 aliphatic carbocycles. The Morgan fingerprint density at radius 2 is 1.88 bits per heavy atom. The second-order valence-corrected chi connectivity index (χ2v) is 6.73. The van der Waals surface area contributed by atoms with Crippen LogP contribution in [0.1, 0.15) is 65.7 Å². The molecule has 1 amide bonds. The van der Waals surface area contributed by atoms with Crippen LogP contribution in [-0.2, 0) is 14.3 Å². The first-order valence-electron chi connectivity index (χ1n) is 9.04. The van der Waals surface area contributed by atoms with Crippen molar-refractivity contribution in [2.75, 3.05) is 13.2 Å². The molecule has 1 saturated carbocycles. The van der Waals surface area contributed by atoms with Crippen molar-refractivity contribution >= 4 is 12.1 Å². The molecule has 0 saturated heterocycles. The maximum atomic E-state index is 12.4. The van der Waals surface area contributed by atoms with Crippen molar-refractivity contribution in [3.8, 4) is 11.8 Å². The maximum absolute atomic E-state index is 12.4. The van der Waals surface area contributed by atoms with E-state index < -0.39 is 12.1 Å². The molecule has 0 aromatic carbocycles. The fourth-order valence-corrected chi connectivity index (χ4v) is 2.93. The summed E-state index contributed by atoms with van der Waals surface area (Å²) in [4.78, 5) is 24.3. The Kier molecular flexibility index (Phi) is 9.98. The van der Waals surface area contributed by atoms with E-state index in [4.69, 9.17) is 9.47 Å². The number of ether oxygens (including phenoxy) is 2. The van der Waals surface area contributed by atoms with Crippen molar-refractivity contribution in [3.05, 3.63) is 0 Å². The summed E-state index contributed by atoms with van der Waals surface area (Å²) in [6, 6.07) is -0.619. The summed E-state index contributed by atoms with van der Waals surface area (Å²) in [6.45, 7) is 6.40. The molecule has 1 fully saturated rings. The monoisotopic (exact) mass is 337 g/mol. The van der Waals surface area contributed by atoms with Gasteiger partial charge >= 0.3 is 12.1 Å². The van der Waals surface area contributed by atoms with Crippen molar-refractivity contribution in [3.63, 3.8) is 0 Å². The van der Waals surface area contributed by atoms with Crippen LogP contribution in [0.2, 0.25) is 0 Å². The van der Waals surface area contributed by atoms with E-state index in [-0.39, 0.29) is 18.5 Å². The van der Waals surface area contributed by atoms with Gasteiger partial charge in [-0.25, -0.2) is 9.59 Å². The molecule has 5 heteroatoms. The molecule has 0 aromatic heterocycles. The Morgan fingerprint density at radius 1 is 1.17 bits per heavy atom. The summed E-state index contributed by atoms with van der Waals surface area (Å²) in [5.41, 5.74) is 0. The van der Waals surface area contributed by atoms with Gasteiger partial charge in [-0.2, -0.15) is 0 Å². The lowest BCUT2D eigenvalue weighted by Crippen LogP contribution is -2.47. The highest BCUT2D eigenvalue weighted by atomic mass is 16.6.